The molecule has 38 heavy (non-hydrogen) atoms. The quantitative estimate of drug-likeness (QED) is 0.322. The maximum Gasteiger partial charge on any atom is 0.269 e. The number of benzene rings is 3. The Labute approximate surface area is 226 Å². The summed E-state index contributed by atoms with van der Waals surface area (Å²) in [4.78, 5) is 38.5. The van der Waals surface area contributed by atoms with Gasteiger partial charge in [0.15, 0.2) is 5.54 Å². The number of amides is 1. The molecule has 0 radical (unpaired) electrons. The molecular formula is C27H23BrN4O6. The van der Waals surface area contributed by atoms with E-state index in [1.807, 2.05) is 30.3 Å². The molecular weight excluding hydrogens is 556 g/mol. The lowest BCUT2D eigenvalue weighted by Gasteiger charge is -2.32. The number of fused-ring (bicyclic) bond motifs is 4. The van der Waals surface area contributed by atoms with Crippen molar-refractivity contribution in [3.05, 3.63) is 108 Å². The minimum absolute atomic E-state index is 0.00786. The SMILES string of the molecule is O=C1Nc2ccccc2[C@]12[C@H]([N+](=O)[O-])[C@H](c1ccc(OCc3ccc([N+](=O)[O-])cc3)c(Br)c1)[C@@H]1CCCN12. The molecule has 1 amide bonds. The number of para-hydroxylation sites is 1. The van der Waals surface area contributed by atoms with E-state index < -0.39 is 22.4 Å². The summed E-state index contributed by atoms with van der Waals surface area (Å²) >= 11 is 3.56. The lowest BCUT2D eigenvalue weighted by atomic mass is 9.77. The standard InChI is InChI=1S/C27H23BrN4O6/c28-20-14-17(9-12-23(20)38-15-16-7-10-18(11-8-16)31(34)35)24-22-6-3-13-30(22)27(25(24)32(36)37)19-4-1-2-5-21(19)29-26(27)33/h1-2,4-5,7-12,14,22,24-25H,3,6,13,15H2,(H,29,33)/t22-,24+,25+,27-/m0/s1. The predicted molar refractivity (Wildman–Crippen MR) is 142 cm³/mol. The van der Waals surface area contributed by atoms with Gasteiger partial charge in [-0.1, -0.05) is 24.3 Å². The summed E-state index contributed by atoms with van der Waals surface area (Å²) in [5, 5.41) is 26.5. The van der Waals surface area contributed by atoms with Crippen molar-refractivity contribution in [1.29, 1.82) is 0 Å². The Morgan fingerprint density at radius 2 is 1.84 bits per heavy atom. The van der Waals surface area contributed by atoms with E-state index in [1.54, 1.807) is 24.3 Å². The van der Waals surface area contributed by atoms with Crippen LogP contribution in [0.5, 0.6) is 5.75 Å². The highest BCUT2D eigenvalue weighted by Gasteiger charge is 2.73. The number of ether oxygens (including phenoxy) is 1. The van der Waals surface area contributed by atoms with Gasteiger partial charge in [-0.15, -0.1) is 0 Å². The van der Waals surface area contributed by atoms with Gasteiger partial charge in [-0.3, -0.25) is 29.9 Å². The molecule has 0 unspecified atom stereocenters. The molecule has 2 saturated heterocycles. The van der Waals surface area contributed by atoms with Gasteiger partial charge in [-0.05, 0) is 70.2 Å². The van der Waals surface area contributed by atoms with E-state index in [0.29, 0.717) is 28.0 Å². The Balaban J connectivity index is 1.33. The number of rotatable bonds is 6. The van der Waals surface area contributed by atoms with Gasteiger partial charge in [0.2, 0.25) is 0 Å². The normalized spacial score (nSPS) is 25.7. The number of nitro groups is 2. The number of nitrogens with one attached hydrogen (secondary N) is 1. The Morgan fingerprint density at radius 3 is 2.55 bits per heavy atom. The van der Waals surface area contributed by atoms with Crippen molar-refractivity contribution >= 4 is 33.2 Å². The van der Waals surface area contributed by atoms with Gasteiger partial charge in [-0.2, -0.15) is 0 Å². The zero-order chi connectivity index (χ0) is 26.6. The molecule has 2 fully saturated rings. The van der Waals surface area contributed by atoms with Crippen molar-refractivity contribution < 1.29 is 19.4 Å². The Hall–Kier alpha value is -3.83. The molecule has 3 aromatic carbocycles. The molecule has 10 nitrogen and oxygen atoms in total. The summed E-state index contributed by atoms with van der Waals surface area (Å²) in [6.45, 7) is 0.818. The summed E-state index contributed by atoms with van der Waals surface area (Å²) in [5.74, 6) is -0.286. The van der Waals surface area contributed by atoms with Crippen LogP contribution < -0.4 is 10.1 Å². The van der Waals surface area contributed by atoms with Crippen molar-refractivity contribution in [1.82, 2.24) is 4.90 Å². The summed E-state index contributed by atoms with van der Waals surface area (Å²) in [6.07, 6.45) is 1.63. The highest BCUT2D eigenvalue weighted by molar-refractivity contribution is 9.10. The molecule has 0 aliphatic carbocycles. The van der Waals surface area contributed by atoms with Crippen LogP contribution in [0.2, 0.25) is 0 Å². The van der Waals surface area contributed by atoms with Crippen LogP contribution in [0.3, 0.4) is 0 Å². The fourth-order valence-electron chi connectivity index (χ4n) is 6.49. The van der Waals surface area contributed by atoms with Crippen LogP contribution in [0, 0.1) is 20.2 Å². The topological polar surface area (TPSA) is 128 Å². The minimum atomic E-state index is -1.36. The van der Waals surface area contributed by atoms with E-state index in [4.69, 9.17) is 4.74 Å². The third-order valence-electron chi connectivity index (χ3n) is 7.98. The van der Waals surface area contributed by atoms with Crippen molar-refractivity contribution in [2.45, 2.75) is 43.0 Å². The van der Waals surface area contributed by atoms with Crippen LogP contribution in [0.15, 0.2) is 71.2 Å². The zero-order valence-electron chi connectivity index (χ0n) is 20.1. The number of hydrogen-bond acceptors (Lipinski definition) is 7. The number of hydrogen-bond donors (Lipinski definition) is 1. The summed E-state index contributed by atoms with van der Waals surface area (Å²) in [7, 11) is 0. The number of non-ortho nitro benzene ring substituents is 1. The van der Waals surface area contributed by atoms with E-state index in [1.165, 1.54) is 12.1 Å². The molecule has 3 heterocycles. The van der Waals surface area contributed by atoms with E-state index in [2.05, 4.69) is 26.1 Å². The van der Waals surface area contributed by atoms with E-state index >= 15 is 0 Å². The second-order valence-electron chi connectivity index (χ2n) is 9.83. The first-order valence-electron chi connectivity index (χ1n) is 12.3. The van der Waals surface area contributed by atoms with Crippen molar-refractivity contribution in [2.75, 3.05) is 11.9 Å². The predicted octanol–water partition coefficient (Wildman–Crippen LogP) is 4.99. The fraction of sp³-hybridized carbons (Fsp3) is 0.296. The van der Waals surface area contributed by atoms with Crippen LogP contribution in [0.25, 0.3) is 0 Å². The molecule has 194 valence electrons. The first kappa shape index (κ1) is 24.5. The van der Waals surface area contributed by atoms with E-state index in [9.17, 15) is 25.0 Å². The average Bonchev–Trinajstić information content (AvgIpc) is 3.56. The first-order valence-corrected chi connectivity index (χ1v) is 13.1. The largest absolute Gasteiger partial charge is 0.488 e. The van der Waals surface area contributed by atoms with Crippen LogP contribution in [-0.2, 0) is 16.9 Å². The highest BCUT2D eigenvalue weighted by atomic mass is 79.9. The van der Waals surface area contributed by atoms with Crippen LogP contribution in [-0.4, -0.2) is 39.3 Å². The molecule has 11 heteroatoms. The Morgan fingerprint density at radius 1 is 1.08 bits per heavy atom. The van der Waals surface area contributed by atoms with Crippen molar-refractivity contribution in [2.24, 2.45) is 0 Å². The maximum absolute atomic E-state index is 13.6. The van der Waals surface area contributed by atoms with Crippen LogP contribution >= 0.6 is 15.9 Å². The number of anilines is 1. The second-order valence-corrected chi connectivity index (χ2v) is 10.7. The molecule has 3 aromatic rings. The molecule has 1 spiro atoms. The van der Waals surface area contributed by atoms with Crippen LogP contribution in [0.1, 0.15) is 35.4 Å². The number of carbonyl (C=O) groups is 1. The summed E-state index contributed by atoms with van der Waals surface area (Å²) in [5.41, 5.74) is 1.49. The van der Waals surface area contributed by atoms with Gasteiger partial charge in [0.1, 0.15) is 12.4 Å². The summed E-state index contributed by atoms with van der Waals surface area (Å²) in [6, 6.07) is 17.5. The van der Waals surface area contributed by atoms with Gasteiger partial charge in [0.25, 0.3) is 17.6 Å². The van der Waals surface area contributed by atoms with Gasteiger partial charge in [-0.25, -0.2) is 0 Å². The molecule has 6 rings (SSSR count). The third kappa shape index (κ3) is 3.60. The van der Waals surface area contributed by atoms with Crippen molar-refractivity contribution in [3.8, 4) is 5.75 Å². The molecule has 0 bridgehead atoms. The van der Waals surface area contributed by atoms with E-state index in [0.717, 1.165) is 24.0 Å². The molecule has 3 aliphatic rings. The number of nitro benzene ring substituents is 1. The second kappa shape index (κ2) is 9.17. The molecule has 0 aromatic heterocycles. The van der Waals surface area contributed by atoms with Crippen molar-refractivity contribution in [3.63, 3.8) is 0 Å². The number of halogens is 1. The maximum atomic E-state index is 13.6. The fourth-order valence-corrected chi connectivity index (χ4v) is 7.00. The Kier molecular flexibility index (Phi) is 5.92. The van der Waals surface area contributed by atoms with Gasteiger partial charge in [0.05, 0.1) is 15.3 Å². The third-order valence-corrected chi connectivity index (χ3v) is 8.60. The monoisotopic (exact) mass is 578 g/mol. The summed E-state index contributed by atoms with van der Waals surface area (Å²) < 4.78 is 6.57. The van der Waals surface area contributed by atoms with Gasteiger partial charge < -0.3 is 10.1 Å². The smallest absolute Gasteiger partial charge is 0.269 e. The Bertz CT molecular complexity index is 1460. The van der Waals surface area contributed by atoms with E-state index in [-0.39, 0.29) is 29.2 Å². The van der Waals surface area contributed by atoms with Crippen LogP contribution in [0.4, 0.5) is 11.4 Å². The molecule has 4 atom stereocenters. The van der Waals surface area contributed by atoms with Gasteiger partial charge >= 0.3 is 0 Å². The molecule has 1 N–H and O–H groups in total. The molecule has 0 saturated carbocycles. The number of nitrogens with zero attached hydrogens (tertiary/aromatic N) is 3. The minimum Gasteiger partial charge on any atom is -0.488 e. The van der Waals surface area contributed by atoms with Gasteiger partial charge in [0, 0.05) is 40.9 Å². The zero-order valence-corrected chi connectivity index (χ0v) is 21.7. The first-order chi connectivity index (χ1) is 18.3. The number of carbonyl (C=O) groups excluding carboxylic acids is 1. The molecule has 3 aliphatic heterocycles. The lowest BCUT2D eigenvalue weighted by Crippen LogP contribution is -2.55. The highest BCUT2D eigenvalue weighted by Crippen LogP contribution is 2.58. The lowest BCUT2D eigenvalue weighted by molar-refractivity contribution is -0.534. The average molecular weight is 579 g/mol.